The van der Waals surface area contributed by atoms with E-state index in [-0.39, 0.29) is 22.8 Å². The van der Waals surface area contributed by atoms with Gasteiger partial charge in [-0.2, -0.15) is 0 Å². The zero-order valence-corrected chi connectivity index (χ0v) is 12.0. The molecule has 6 heteroatoms. The molecule has 0 atom stereocenters. The quantitative estimate of drug-likeness (QED) is 0.903. The van der Waals surface area contributed by atoms with Crippen molar-refractivity contribution in [1.82, 2.24) is 9.47 Å². The molecule has 0 unspecified atom stereocenters. The molecule has 112 valence electrons. The van der Waals surface area contributed by atoms with Crippen molar-refractivity contribution in [2.24, 2.45) is 0 Å². The van der Waals surface area contributed by atoms with Gasteiger partial charge in [0, 0.05) is 30.2 Å². The van der Waals surface area contributed by atoms with Gasteiger partial charge in [-0.05, 0) is 26.2 Å². The normalized spacial score (nSPS) is 11.2. The van der Waals surface area contributed by atoms with Crippen LogP contribution in [0.5, 0.6) is 0 Å². The number of hydrogen-bond donors (Lipinski definition) is 1. The molecular weight excluding hydrogens is 275 g/mol. The number of nitrogens with zero attached hydrogens (tertiary/aromatic N) is 2. The van der Waals surface area contributed by atoms with E-state index in [1.54, 1.807) is 10.6 Å². The maximum absolute atomic E-state index is 14.1. The van der Waals surface area contributed by atoms with E-state index in [1.165, 1.54) is 18.2 Å². The van der Waals surface area contributed by atoms with E-state index < -0.39 is 11.8 Å². The highest BCUT2D eigenvalue weighted by atomic mass is 19.1. The number of rotatable bonds is 5. The van der Waals surface area contributed by atoms with E-state index in [2.05, 4.69) is 0 Å². The molecule has 1 N–H and O–H groups in total. The summed E-state index contributed by atoms with van der Waals surface area (Å²) in [5, 5.41) is 9.25. The Hall–Kier alpha value is -2.21. The summed E-state index contributed by atoms with van der Waals surface area (Å²) in [6, 6.07) is 5.59. The van der Waals surface area contributed by atoms with Gasteiger partial charge in [0.05, 0.1) is 11.9 Å². The second kappa shape index (κ2) is 6.05. The number of halogens is 1. The number of aliphatic carboxylic acids is 1. The van der Waals surface area contributed by atoms with E-state index in [9.17, 15) is 14.0 Å². The van der Waals surface area contributed by atoms with E-state index in [0.717, 1.165) is 0 Å². The van der Waals surface area contributed by atoms with Gasteiger partial charge in [0.2, 0.25) is 0 Å². The molecule has 0 saturated carbocycles. The third-order valence-corrected chi connectivity index (χ3v) is 3.27. The lowest BCUT2D eigenvalue weighted by atomic mass is 10.1. The number of para-hydroxylation sites is 1. The number of carboxylic acid groups (broad SMARTS) is 1. The van der Waals surface area contributed by atoms with Crippen LogP contribution < -0.4 is 5.43 Å². The molecule has 2 rings (SSSR count). The van der Waals surface area contributed by atoms with Crippen LogP contribution >= 0.6 is 0 Å². The second-order valence-electron chi connectivity index (χ2n) is 5.16. The summed E-state index contributed by atoms with van der Waals surface area (Å²) in [5.41, 5.74) is 0.122. The minimum atomic E-state index is -1.05. The Balaban J connectivity index is 2.70. The van der Waals surface area contributed by atoms with Crippen LogP contribution in [0.4, 0.5) is 4.39 Å². The summed E-state index contributed by atoms with van der Waals surface area (Å²) in [6.07, 6.45) is -0.313. The summed E-state index contributed by atoms with van der Waals surface area (Å²) in [4.78, 5) is 24.9. The molecule has 5 nitrogen and oxygen atoms in total. The smallest absolute Gasteiger partial charge is 0.309 e. The number of benzene rings is 1. The standard InChI is InChI=1S/C15H17FN2O3/c1-17(2)6-7-18-10(9-14(20)21)8-13(19)11-4-3-5-12(16)15(11)18/h3-5,8H,6-7,9H2,1-2H3,(H,20,21). The molecule has 0 spiro atoms. The lowest BCUT2D eigenvalue weighted by Gasteiger charge is -2.18. The van der Waals surface area contributed by atoms with Crippen LogP contribution in [0, 0.1) is 5.82 Å². The van der Waals surface area contributed by atoms with Crippen LogP contribution in [0.2, 0.25) is 0 Å². The van der Waals surface area contributed by atoms with Gasteiger partial charge in [-0.25, -0.2) is 4.39 Å². The molecule has 0 saturated heterocycles. The first-order valence-corrected chi connectivity index (χ1v) is 6.57. The van der Waals surface area contributed by atoms with Crippen molar-refractivity contribution in [3.63, 3.8) is 0 Å². The monoisotopic (exact) mass is 292 g/mol. The van der Waals surface area contributed by atoms with Crippen molar-refractivity contribution in [1.29, 1.82) is 0 Å². The molecule has 0 aliphatic rings. The minimum Gasteiger partial charge on any atom is -0.481 e. The Morgan fingerprint density at radius 2 is 2.10 bits per heavy atom. The highest BCUT2D eigenvalue weighted by Crippen LogP contribution is 2.17. The molecule has 2 aromatic rings. The fourth-order valence-corrected chi connectivity index (χ4v) is 2.30. The SMILES string of the molecule is CN(C)CCn1c(CC(=O)O)cc(=O)c2cccc(F)c21. The molecule has 1 aromatic carbocycles. The Morgan fingerprint density at radius 1 is 1.38 bits per heavy atom. The first-order valence-electron chi connectivity index (χ1n) is 6.57. The van der Waals surface area contributed by atoms with Gasteiger partial charge in [-0.1, -0.05) is 6.07 Å². The van der Waals surface area contributed by atoms with Crippen molar-refractivity contribution in [3.8, 4) is 0 Å². The lowest BCUT2D eigenvalue weighted by molar-refractivity contribution is -0.136. The van der Waals surface area contributed by atoms with E-state index >= 15 is 0 Å². The van der Waals surface area contributed by atoms with Crippen molar-refractivity contribution in [3.05, 3.63) is 46.0 Å². The number of carboxylic acids is 1. The number of likely N-dealkylation sites (N-methyl/N-ethyl adjacent to an activating group) is 1. The van der Waals surface area contributed by atoms with Crippen LogP contribution in [-0.4, -0.2) is 41.2 Å². The Morgan fingerprint density at radius 3 is 2.71 bits per heavy atom. The van der Waals surface area contributed by atoms with Gasteiger partial charge in [0.1, 0.15) is 5.82 Å². The van der Waals surface area contributed by atoms with E-state index in [0.29, 0.717) is 18.8 Å². The van der Waals surface area contributed by atoms with E-state index in [4.69, 9.17) is 5.11 Å². The Bertz CT molecular complexity index is 738. The van der Waals surface area contributed by atoms with Gasteiger partial charge >= 0.3 is 5.97 Å². The summed E-state index contributed by atoms with van der Waals surface area (Å²) in [7, 11) is 3.75. The first-order chi connectivity index (χ1) is 9.90. The van der Waals surface area contributed by atoms with Gasteiger partial charge in [0.15, 0.2) is 5.43 Å². The summed E-state index contributed by atoms with van der Waals surface area (Å²) >= 11 is 0. The third-order valence-electron chi connectivity index (χ3n) is 3.27. The minimum absolute atomic E-state index is 0.170. The fraction of sp³-hybridized carbons (Fsp3) is 0.333. The average Bonchev–Trinajstić information content (AvgIpc) is 2.38. The molecule has 0 bridgehead atoms. The van der Waals surface area contributed by atoms with Crippen molar-refractivity contribution in [2.45, 2.75) is 13.0 Å². The molecule has 0 aliphatic heterocycles. The summed E-state index contributed by atoms with van der Waals surface area (Å²) in [5.74, 6) is -1.57. The predicted octanol–water partition coefficient (Wildman–Crippen LogP) is 1.33. The first kappa shape index (κ1) is 15.2. The van der Waals surface area contributed by atoms with Gasteiger partial charge in [-0.15, -0.1) is 0 Å². The summed E-state index contributed by atoms with van der Waals surface area (Å²) in [6.45, 7) is 1.02. The zero-order chi connectivity index (χ0) is 15.6. The van der Waals surface area contributed by atoms with Crippen LogP contribution in [0.25, 0.3) is 10.9 Å². The number of aromatic nitrogens is 1. The molecule has 1 aromatic heterocycles. The van der Waals surface area contributed by atoms with Gasteiger partial charge in [-0.3, -0.25) is 9.59 Å². The lowest BCUT2D eigenvalue weighted by Crippen LogP contribution is -2.24. The van der Waals surface area contributed by atoms with Crippen LogP contribution in [0.15, 0.2) is 29.1 Å². The molecule has 0 fully saturated rings. The van der Waals surface area contributed by atoms with Crippen molar-refractivity contribution >= 4 is 16.9 Å². The zero-order valence-electron chi connectivity index (χ0n) is 12.0. The van der Waals surface area contributed by atoms with Crippen molar-refractivity contribution < 1.29 is 14.3 Å². The molecule has 21 heavy (non-hydrogen) atoms. The predicted molar refractivity (Wildman–Crippen MR) is 78.1 cm³/mol. The number of carbonyl (C=O) groups is 1. The molecule has 0 amide bonds. The average molecular weight is 292 g/mol. The Kier molecular flexibility index (Phi) is 4.37. The molecular formula is C15H17FN2O3. The van der Waals surface area contributed by atoms with Gasteiger partial charge < -0.3 is 14.6 Å². The van der Waals surface area contributed by atoms with Crippen LogP contribution in [0.3, 0.4) is 0 Å². The van der Waals surface area contributed by atoms with Crippen LogP contribution in [-0.2, 0) is 17.8 Å². The molecule has 1 heterocycles. The highest BCUT2D eigenvalue weighted by Gasteiger charge is 2.14. The van der Waals surface area contributed by atoms with Gasteiger partial charge in [0.25, 0.3) is 0 Å². The highest BCUT2D eigenvalue weighted by molar-refractivity contribution is 5.81. The number of fused-ring (bicyclic) bond motifs is 1. The second-order valence-corrected chi connectivity index (χ2v) is 5.16. The fourth-order valence-electron chi connectivity index (χ4n) is 2.30. The van der Waals surface area contributed by atoms with E-state index in [1.807, 2.05) is 19.0 Å². The largest absolute Gasteiger partial charge is 0.481 e. The number of pyridine rings is 1. The number of hydrogen-bond acceptors (Lipinski definition) is 3. The maximum atomic E-state index is 14.1. The third kappa shape index (κ3) is 3.28. The Labute approximate surface area is 121 Å². The maximum Gasteiger partial charge on any atom is 0.309 e. The van der Waals surface area contributed by atoms with Crippen molar-refractivity contribution in [2.75, 3.05) is 20.6 Å². The molecule has 0 radical (unpaired) electrons. The topological polar surface area (TPSA) is 62.5 Å². The summed E-state index contributed by atoms with van der Waals surface area (Å²) < 4.78 is 15.7. The molecule has 0 aliphatic carbocycles. The van der Waals surface area contributed by atoms with Crippen LogP contribution in [0.1, 0.15) is 5.69 Å².